The molecular weight excluding hydrogens is 336 g/mol. The van der Waals surface area contributed by atoms with Crippen LogP contribution in [0.5, 0.6) is 0 Å². The van der Waals surface area contributed by atoms with Gasteiger partial charge in [0.2, 0.25) is 0 Å². The Morgan fingerprint density at radius 2 is 1.63 bits per heavy atom. The van der Waals surface area contributed by atoms with Crippen molar-refractivity contribution in [3.05, 3.63) is 53.2 Å². The minimum Gasteiger partial charge on any atom is -0.368 e. The Balaban J connectivity index is 1.38. The van der Waals surface area contributed by atoms with Crippen molar-refractivity contribution in [3.8, 4) is 0 Å². The number of pyridine rings is 1. The number of nitrogens with zero attached hydrogens (tertiary/aromatic N) is 4. The third-order valence-corrected chi connectivity index (χ3v) is 5.68. The lowest BCUT2D eigenvalue weighted by atomic mass is 10.1. The molecule has 5 nitrogen and oxygen atoms in total. The van der Waals surface area contributed by atoms with E-state index < -0.39 is 0 Å². The number of carbonyl (C=O) groups is 1. The maximum atomic E-state index is 12.8. The number of hydrogen-bond donors (Lipinski definition) is 0. The minimum atomic E-state index is 0.0933. The first-order chi connectivity index (χ1) is 13.1. The second-order valence-electron chi connectivity index (χ2n) is 7.67. The van der Waals surface area contributed by atoms with Crippen molar-refractivity contribution >= 4 is 17.4 Å². The van der Waals surface area contributed by atoms with Crippen molar-refractivity contribution < 1.29 is 4.79 Å². The second-order valence-corrected chi connectivity index (χ2v) is 7.67. The normalized spacial score (nSPS) is 17.5. The molecule has 0 saturated carbocycles. The first-order valence-electron chi connectivity index (χ1n) is 9.94. The number of rotatable bonds is 3. The van der Waals surface area contributed by atoms with Crippen LogP contribution in [0.25, 0.3) is 0 Å². The monoisotopic (exact) mass is 364 g/mol. The van der Waals surface area contributed by atoms with Gasteiger partial charge in [-0.2, -0.15) is 0 Å². The molecule has 142 valence electrons. The van der Waals surface area contributed by atoms with Crippen LogP contribution in [0.3, 0.4) is 0 Å². The second kappa shape index (κ2) is 7.59. The largest absolute Gasteiger partial charge is 0.368 e. The number of carbonyl (C=O) groups excluding carboxylic acids is 1. The predicted octanol–water partition coefficient (Wildman–Crippen LogP) is 3.26. The third kappa shape index (κ3) is 3.77. The Morgan fingerprint density at radius 1 is 0.889 bits per heavy atom. The van der Waals surface area contributed by atoms with Gasteiger partial charge in [-0.15, -0.1) is 0 Å². The SMILES string of the molecule is Cc1ccc(N2CCN(C(=O)c3ccc(N4CCCC4)nc3)CC2)c(C)c1. The Kier molecular flexibility index (Phi) is 5.01. The van der Waals surface area contributed by atoms with Gasteiger partial charge < -0.3 is 14.7 Å². The Morgan fingerprint density at radius 3 is 2.26 bits per heavy atom. The molecule has 0 spiro atoms. The van der Waals surface area contributed by atoms with Crippen molar-refractivity contribution in [2.24, 2.45) is 0 Å². The molecule has 0 atom stereocenters. The van der Waals surface area contributed by atoms with Crippen molar-refractivity contribution in [3.63, 3.8) is 0 Å². The van der Waals surface area contributed by atoms with Gasteiger partial charge in [-0.3, -0.25) is 4.79 Å². The Labute approximate surface area is 161 Å². The number of benzene rings is 1. The van der Waals surface area contributed by atoms with E-state index in [0.29, 0.717) is 5.56 Å². The maximum Gasteiger partial charge on any atom is 0.255 e. The average molecular weight is 364 g/mol. The fourth-order valence-corrected chi connectivity index (χ4v) is 4.14. The summed E-state index contributed by atoms with van der Waals surface area (Å²) in [5.74, 6) is 1.08. The van der Waals surface area contributed by atoms with Gasteiger partial charge in [0.05, 0.1) is 5.56 Å². The van der Waals surface area contributed by atoms with Crippen LogP contribution in [-0.4, -0.2) is 55.1 Å². The number of amides is 1. The summed E-state index contributed by atoms with van der Waals surface area (Å²) in [7, 11) is 0. The Hall–Kier alpha value is -2.56. The van der Waals surface area contributed by atoms with Crippen LogP contribution >= 0.6 is 0 Å². The van der Waals surface area contributed by atoms with Gasteiger partial charge >= 0.3 is 0 Å². The highest BCUT2D eigenvalue weighted by Crippen LogP contribution is 2.23. The van der Waals surface area contributed by atoms with Crippen LogP contribution < -0.4 is 9.80 Å². The van der Waals surface area contributed by atoms with E-state index in [9.17, 15) is 4.79 Å². The lowest BCUT2D eigenvalue weighted by molar-refractivity contribution is 0.0746. The summed E-state index contributed by atoms with van der Waals surface area (Å²) in [6.07, 6.45) is 4.20. The van der Waals surface area contributed by atoms with Gasteiger partial charge in [-0.25, -0.2) is 4.98 Å². The summed E-state index contributed by atoms with van der Waals surface area (Å²) in [6.45, 7) is 9.66. The van der Waals surface area contributed by atoms with E-state index in [4.69, 9.17) is 0 Å². The number of piperazine rings is 1. The molecule has 2 aromatic rings. The molecule has 1 aromatic heterocycles. The van der Waals surface area contributed by atoms with Crippen LogP contribution in [0.15, 0.2) is 36.5 Å². The topological polar surface area (TPSA) is 39.7 Å². The molecule has 0 unspecified atom stereocenters. The molecule has 1 aromatic carbocycles. The lowest BCUT2D eigenvalue weighted by Gasteiger charge is -2.37. The molecule has 1 amide bonds. The molecule has 2 aliphatic rings. The average Bonchev–Trinajstić information content (AvgIpc) is 3.23. The number of hydrogen-bond acceptors (Lipinski definition) is 4. The molecule has 0 N–H and O–H groups in total. The quantitative estimate of drug-likeness (QED) is 0.838. The van der Waals surface area contributed by atoms with Crippen LogP contribution in [0, 0.1) is 13.8 Å². The lowest BCUT2D eigenvalue weighted by Crippen LogP contribution is -2.49. The zero-order chi connectivity index (χ0) is 18.8. The molecule has 27 heavy (non-hydrogen) atoms. The zero-order valence-corrected chi connectivity index (χ0v) is 16.3. The first-order valence-corrected chi connectivity index (χ1v) is 9.94. The fraction of sp³-hybridized carbons (Fsp3) is 0.455. The molecule has 3 heterocycles. The molecule has 2 fully saturated rings. The molecule has 4 rings (SSSR count). The van der Waals surface area contributed by atoms with E-state index in [1.165, 1.54) is 29.7 Å². The smallest absolute Gasteiger partial charge is 0.255 e. The van der Waals surface area contributed by atoms with E-state index in [-0.39, 0.29) is 5.91 Å². The van der Waals surface area contributed by atoms with Crippen LogP contribution in [0.4, 0.5) is 11.5 Å². The van der Waals surface area contributed by atoms with Crippen molar-refractivity contribution in [1.29, 1.82) is 0 Å². The fourth-order valence-electron chi connectivity index (χ4n) is 4.14. The number of aryl methyl sites for hydroxylation is 2. The summed E-state index contributed by atoms with van der Waals surface area (Å²) < 4.78 is 0. The molecule has 0 bridgehead atoms. The molecule has 2 saturated heterocycles. The summed E-state index contributed by atoms with van der Waals surface area (Å²) >= 11 is 0. The van der Waals surface area contributed by atoms with E-state index in [0.717, 1.165) is 45.1 Å². The van der Waals surface area contributed by atoms with E-state index in [2.05, 4.69) is 46.8 Å². The summed E-state index contributed by atoms with van der Waals surface area (Å²) in [4.78, 5) is 24.0. The van der Waals surface area contributed by atoms with Gasteiger partial charge in [0.15, 0.2) is 0 Å². The van der Waals surface area contributed by atoms with Crippen molar-refractivity contribution in [1.82, 2.24) is 9.88 Å². The van der Waals surface area contributed by atoms with Gasteiger partial charge in [-0.05, 0) is 50.5 Å². The van der Waals surface area contributed by atoms with E-state index in [1.54, 1.807) is 6.20 Å². The standard InChI is InChI=1S/C22H28N4O/c1-17-5-7-20(18(2)15-17)24-11-13-26(14-12-24)22(27)19-6-8-21(23-16-19)25-9-3-4-10-25/h5-8,15-16H,3-4,9-14H2,1-2H3. The summed E-state index contributed by atoms with van der Waals surface area (Å²) in [5, 5.41) is 0. The molecule has 0 radical (unpaired) electrons. The molecule has 2 aliphatic heterocycles. The molecule has 0 aliphatic carbocycles. The zero-order valence-electron chi connectivity index (χ0n) is 16.3. The molecule has 5 heteroatoms. The van der Waals surface area contributed by atoms with Gasteiger partial charge in [0.25, 0.3) is 5.91 Å². The van der Waals surface area contributed by atoms with E-state index >= 15 is 0 Å². The first kappa shape index (κ1) is 17.8. The van der Waals surface area contributed by atoms with Gasteiger partial charge in [0.1, 0.15) is 5.82 Å². The van der Waals surface area contributed by atoms with Crippen LogP contribution in [-0.2, 0) is 0 Å². The third-order valence-electron chi connectivity index (χ3n) is 5.68. The van der Waals surface area contributed by atoms with E-state index in [1.807, 2.05) is 17.0 Å². The van der Waals surface area contributed by atoms with Crippen molar-refractivity contribution in [2.75, 3.05) is 49.1 Å². The van der Waals surface area contributed by atoms with Crippen LogP contribution in [0.1, 0.15) is 34.3 Å². The maximum absolute atomic E-state index is 12.8. The number of anilines is 2. The minimum absolute atomic E-state index is 0.0933. The van der Waals surface area contributed by atoms with Gasteiger partial charge in [0, 0.05) is 51.2 Å². The predicted molar refractivity (Wildman–Crippen MR) is 110 cm³/mol. The number of aromatic nitrogens is 1. The van der Waals surface area contributed by atoms with Crippen LogP contribution in [0.2, 0.25) is 0 Å². The van der Waals surface area contributed by atoms with Crippen molar-refractivity contribution in [2.45, 2.75) is 26.7 Å². The summed E-state index contributed by atoms with van der Waals surface area (Å²) in [6, 6.07) is 10.5. The highest BCUT2D eigenvalue weighted by atomic mass is 16.2. The van der Waals surface area contributed by atoms with Gasteiger partial charge in [-0.1, -0.05) is 17.7 Å². The summed E-state index contributed by atoms with van der Waals surface area (Å²) in [5.41, 5.74) is 4.56. The molecular formula is C22H28N4O. The Bertz CT molecular complexity index is 804. The highest BCUT2D eigenvalue weighted by molar-refractivity contribution is 5.94. The highest BCUT2D eigenvalue weighted by Gasteiger charge is 2.23.